The number of nitrogens with one attached hydrogen (secondary N) is 1. The zero-order valence-electron chi connectivity index (χ0n) is 10.7. The van der Waals surface area contributed by atoms with E-state index in [-0.39, 0.29) is 12.2 Å². The summed E-state index contributed by atoms with van der Waals surface area (Å²) in [7, 11) is 0. The Morgan fingerprint density at radius 2 is 2.11 bits per heavy atom. The van der Waals surface area contributed by atoms with E-state index in [1.165, 1.54) is 0 Å². The Labute approximate surface area is 113 Å². The van der Waals surface area contributed by atoms with Gasteiger partial charge in [-0.25, -0.2) is 0 Å². The molecular weight excluding hydrogens is 250 g/mol. The van der Waals surface area contributed by atoms with Crippen molar-refractivity contribution in [3.8, 4) is 0 Å². The molecule has 1 aromatic carbocycles. The van der Waals surface area contributed by atoms with Crippen LogP contribution in [0.4, 0.5) is 0 Å². The van der Waals surface area contributed by atoms with Gasteiger partial charge in [0.25, 0.3) is 0 Å². The van der Waals surface area contributed by atoms with Crippen LogP contribution in [0.2, 0.25) is 5.02 Å². The third-order valence-electron chi connectivity index (χ3n) is 2.96. The fraction of sp³-hybridized carbons (Fsp3) is 0.571. The minimum absolute atomic E-state index is 0.0720. The predicted molar refractivity (Wildman–Crippen MR) is 73.0 cm³/mol. The number of rotatable bonds is 7. The first kappa shape index (κ1) is 13.8. The molecule has 2 rings (SSSR count). The van der Waals surface area contributed by atoms with Crippen LogP contribution in [-0.2, 0) is 9.47 Å². The second-order valence-corrected chi connectivity index (χ2v) is 4.98. The van der Waals surface area contributed by atoms with E-state index in [9.17, 15) is 0 Å². The van der Waals surface area contributed by atoms with Crippen molar-refractivity contribution >= 4 is 11.6 Å². The van der Waals surface area contributed by atoms with E-state index in [0.29, 0.717) is 13.2 Å². The van der Waals surface area contributed by atoms with Crippen molar-refractivity contribution in [3.05, 3.63) is 34.9 Å². The van der Waals surface area contributed by atoms with Crippen molar-refractivity contribution in [3.63, 3.8) is 0 Å². The van der Waals surface area contributed by atoms with Gasteiger partial charge in [0.2, 0.25) is 0 Å². The highest BCUT2D eigenvalue weighted by molar-refractivity contribution is 6.30. The van der Waals surface area contributed by atoms with Crippen LogP contribution in [-0.4, -0.2) is 32.4 Å². The number of halogens is 1. The summed E-state index contributed by atoms with van der Waals surface area (Å²) in [6.45, 7) is 5.40. The van der Waals surface area contributed by atoms with Gasteiger partial charge in [-0.2, -0.15) is 0 Å². The summed E-state index contributed by atoms with van der Waals surface area (Å²) >= 11 is 5.91. The van der Waals surface area contributed by atoms with Crippen LogP contribution >= 0.6 is 11.6 Å². The maximum Gasteiger partial charge on any atom is 0.105 e. The summed E-state index contributed by atoms with van der Waals surface area (Å²) in [5.74, 6) is 0. The van der Waals surface area contributed by atoms with Crippen molar-refractivity contribution in [1.82, 2.24) is 5.32 Å². The van der Waals surface area contributed by atoms with Crippen LogP contribution in [0.1, 0.15) is 25.0 Å². The molecule has 1 heterocycles. The number of hydrogen-bond acceptors (Lipinski definition) is 3. The highest BCUT2D eigenvalue weighted by atomic mass is 35.5. The Hall–Kier alpha value is -0.610. The van der Waals surface area contributed by atoms with Crippen molar-refractivity contribution in [2.45, 2.75) is 25.6 Å². The molecule has 1 unspecified atom stereocenters. The first-order valence-corrected chi connectivity index (χ1v) is 6.86. The Kier molecular flexibility index (Phi) is 5.45. The van der Waals surface area contributed by atoms with Gasteiger partial charge in [0, 0.05) is 11.6 Å². The molecule has 1 aliphatic heterocycles. The van der Waals surface area contributed by atoms with Gasteiger partial charge in [-0.3, -0.25) is 0 Å². The van der Waals surface area contributed by atoms with Crippen LogP contribution in [0.3, 0.4) is 0 Å². The topological polar surface area (TPSA) is 30.5 Å². The summed E-state index contributed by atoms with van der Waals surface area (Å²) in [5, 5.41) is 4.16. The molecule has 0 radical (unpaired) electrons. The zero-order chi connectivity index (χ0) is 12.8. The molecule has 0 saturated carbocycles. The maximum atomic E-state index is 6.03. The monoisotopic (exact) mass is 269 g/mol. The molecule has 1 fully saturated rings. The zero-order valence-corrected chi connectivity index (χ0v) is 11.5. The molecule has 0 bridgehead atoms. The Morgan fingerprint density at radius 1 is 1.39 bits per heavy atom. The molecule has 0 aromatic heterocycles. The quantitative estimate of drug-likeness (QED) is 0.772. The van der Waals surface area contributed by atoms with Crippen molar-refractivity contribution in [1.29, 1.82) is 0 Å². The molecule has 3 nitrogen and oxygen atoms in total. The normalized spacial score (nSPS) is 17.4. The van der Waals surface area contributed by atoms with E-state index in [4.69, 9.17) is 21.1 Å². The summed E-state index contributed by atoms with van der Waals surface area (Å²) in [6.07, 6.45) is 1.43. The SMILES string of the molecule is CCCNCC(OC1COC1)c1ccc(Cl)cc1. The summed E-state index contributed by atoms with van der Waals surface area (Å²) in [4.78, 5) is 0. The average molecular weight is 270 g/mol. The Balaban J connectivity index is 1.95. The fourth-order valence-electron chi connectivity index (χ4n) is 1.86. The van der Waals surface area contributed by atoms with Gasteiger partial charge in [0.15, 0.2) is 0 Å². The third kappa shape index (κ3) is 3.95. The lowest BCUT2D eigenvalue weighted by Crippen LogP contribution is -2.39. The van der Waals surface area contributed by atoms with Crippen LogP contribution in [0.15, 0.2) is 24.3 Å². The van der Waals surface area contributed by atoms with E-state index in [1.807, 2.05) is 24.3 Å². The van der Waals surface area contributed by atoms with E-state index in [0.717, 1.165) is 30.1 Å². The Morgan fingerprint density at radius 3 is 2.67 bits per heavy atom. The van der Waals surface area contributed by atoms with E-state index in [2.05, 4.69) is 12.2 Å². The summed E-state index contributed by atoms with van der Waals surface area (Å²) in [5.41, 5.74) is 1.16. The smallest absolute Gasteiger partial charge is 0.105 e. The minimum Gasteiger partial charge on any atom is -0.376 e. The van der Waals surface area contributed by atoms with Gasteiger partial charge in [-0.1, -0.05) is 30.7 Å². The molecule has 0 aliphatic carbocycles. The standard InChI is InChI=1S/C14H20ClNO2/c1-2-7-16-8-14(18-13-9-17-10-13)11-3-5-12(15)6-4-11/h3-6,13-14,16H,2,7-10H2,1H3. The van der Waals surface area contributed by atoms with Crippen LogP contribution in [0, 0.1) is 0 Å². The number of hydrogen-bond donors (Lipinski definition) is 1. The lowest BCUT2D eigenvalue weighted by atomic mass is 10.1. The van der Waals surface area contributed by atoms with Gasteiger partial charge >= 0.3 is 0 Å². The molecule has 1 aromatic rings. The minimum atomic E-state index is 0.0720. The number of ether oxygens (including phenoxy) is 2. The second-order valence-electron chi connectivity index (χ2n) is 4.54. The highest BCUT2D eigenvalue weighted by Gasteiger charge is 2.24. The third-order valence-corrected chi connectivity index (χ3v) is 3.21. The predicted octanol–water partition coefficient (Wildman–Crippen LogP) is 2.80. The molecule has 0 spiro atoms. The van der Waals surface area contributed by atoms with Gasteiger partial charge in [-0.15, -0.1) is 0 Å². The first-order valence-electron chi connectivity index (χ1n) is 6.49. The Bertz CT molecular complexity index is 351. The van der Waals surface area contributed by atoms with Gasteiger partial charge < -0.3 is 14.8 Å². The van der Waals surface area contributed by atoms with E-state index < -0.39 is 0 Å². The fourth-order valence-corrected chi connectivity index (χ4v) is 1.98. The summed E-state index contributed by atoms with van der Waals surface area (Å²) in [6, 6.07) is 7.87. The first-order chi connectivity index (χ1) is 8.79. The van der Waals surface area contributed by atoms with E-state index >= 15 is 0 Å². The van der Waals surface area contributed by atoms with Crippen LogP contribution < -0.4 is 5.32 Å². The maximum absolute atomic E-state index is 6.03. The van der Waals surface area contributed by atoms with E-state index in [1.54, 1.807) is 0 Å². The lowest BCUT2D eigenvalue weighted by molar-refractivity contribution is -0.155. The van der Waals surface area contributed by atoms with Crippen molar-refractivity contribution in [2.24, 2.45) is 0 Å². The van der Waals surface area contributed by atoms with Gasteiger partial charge in [0.05, 0.1) is 19.3 Å². The lowest BCUT2D eigenvalue weighted by Gasteiger charge is -2.31. The van der Waals surface area contributed by atoms with Crippen molar-refractivity contribution < 1.29 is 9.47 Å². The largest absolute Gasteiger partial charge is 0.376 e. The molecule has 1 N–H and O–H groups in total. The van der Waals surface area contributed by atoms with Crippen LogP contribution in [0.5, 0.6) is 0 Å². The van der Waals surface area contributed by atoms with Gasteiger partial charge in [-0.05, 0) is 30.7 Å². The average Bonchev–Trinajstić information content (AvgIpc) is 2.33. The highest BCUT2D eigenvalue weighted by Crippen LogP contribution is 2.23. The summed E-state index contributed by atoms with van der Waals surface area (Å²) < 4.78 is 11.2. The number of benzene rings is 1. The second kappa shape index (κ2) is 7.10. The molecule has 4 heteroatoms. The van der Waals surface area contributed by atoms with Crippen molar-refractivity contribution in [2.75, 3.05) is 26.3 Å². The molecule has 18 heavy (non-hydrogen) atoms. The van der Waals surface area contributed by atoms with Gasteiger partial charge in [0.1, 0.15) is 6.10 Å². The molecule has 0 amide bonds. The molecule has 1 saturated heterocycles. The molecular formula is C14H20ClNO2. The molecule has 1 atom stereocenters. The molecule has 100 valence electrons. The molecule has 1 aliphatic rings. The van der Waals surface area contributed by atoms with Crippen LogP contribution in [0.25, 0.3) is 0 Å².